The molecule has 0 fully saturated rings. The highest BCUT2D eigenvalue weighted by molar-refractivity contribution is 6.04. The van der Waals surface area contributed by atoms with E-state index in [4.69, 9.17) is 4.74 Å². The van der Waals surface area contributed by atoms with Crippen molar-refractivity contribution in [2.45, 2.75) is 33.1 Å². The normalized spacial score (nSPS) is 11.3. The highest BCUT2D eigenvalue weighted by atomic mass is 16.5. The zero-order chi connectivity index (χ0) is 15.6. The van der Waals surface area contributed by atoms with E-state index in [0.29, 0.717) is 0 Å². The maximum absolute atomic E-state index is 13.0. The summed E-state index contributed by atoms with van der Waals surface area (Å²) < 4.78 is 5.32. The minimum atomic E-state index is -0.549. The third kappa shape index (κ3) is 2.85. The fourth-order valence-electron chi connectivity index (χ4n) is 2.58. The van der Waals surface area contributed by atoms with Crippen LogP contribution in [0.15, 0.2) is 42.5 Å². The minimum absolute atomic E-state index is 0.136. The lowest BCUT2D eigenvalue weighted by atomic mass is 9.77. The molecular formula is C19H22O2. The van der Waals surface area contributed by atoms with E-state index < -0.39 is 5.41 Å². The molecule has 0 atom stereocenters. The van der Waals surface area contributed by atoms with Crippen molar-refractivity contribution in [1.29, 1.82) is 0 Å². The molecule has 0 aliphatic heterocycles. The van der Waals surface area contributed by atoms with Gasteiger partial charge in [0.1, 0.15) is 5.75 Å². The van der Waals surface area contributed by atoms with Gasteiger partial charge >= 0.3 is 0 Å². The Morgan fingerprint density at radius 3 is 2.19 bits per heavy atom. The molecule has 2 aromatic carbocycles. The van der Waals surface area contributed by atoms with Crippen LogP contribution in [0.5, 0.6) is 5.75 Å². The zero-order valence-corrected chi connectivity index (χ0v) is 13.4. The molecule has 0 aliphatic rings. The molecule has 2 aromatic rings. The van der Waals surface area contributed by atoms with Crippen molar-refractivity contribution in [2.24, 2.45) is 0 Å². The van der Waals surface area contributed by atoms with Gasteiger partial charge in [0, 0.05) is 5.56 Å². The maximum atomic E-state index is 13.0. The Balaban J connectivity index is 2.47. The summed E-state index contributed by atoms with van der Waals surface area (Å²) in [7, 11) is 1.65. The Morgan fingerprint density at radius 1 is 1.00 bits per heavy atom. The van der Waals surface area contributed by atoms with E-state index in [9.17, 15) is 4.79 Å². The van der Waals surface area contributed by atoms with Crippen LogP contribution in [0.25, 0.3) is 0 Å². The van der Waals surface area contributed by atoms with Gasteiger partial charge in [0.2, 0.25) is 0 Å². The van der Waals surface area contributed by atoms with Crippen molar-refractivity contribution in [2.75, 3.05) is 7.11 Å². The first-order chi connectivity index (χ1) is 9.87. The number of carbonyl (C=O) groups excluding carboxylic acids is 1. The highest BCUT2D eigenvalue weighted by Crippen LogP contribution is 2.31. The van der Waals surface area contributed by atoms with Crippen LogP contribution >= 0.6 is 0 Å². The van der Waals surface area contributed by atoms with Crippen molar-refractivity contribution in [3.63, 3.8) is 0 Å². The molecule has 2 rings (SSSR count). The minimum Gasteiger partial charge on any atom is -0.496 e. The van der Waals surface area contributed by atoms with E-state index >= 15 is 0 Å². The number of carbonyl (C=O) groups is 1. The largest absolute Gasteiger partial charge is 0.496 e. The van der Waals surface area contributed by atoms with E-state index in [1.54, 1.807) is 7.11 Å². The number of hydrogen-bond acceptors (Lipinski definition) is 2. The first-order valence-electron chi connectivity index (χ1n) is 7.13. The SMILES string of the molecule is COc1cc(C)c(C(=O)C(C)(C)c2ccccc2)cc1C. The second-order valence-corrected chi connectivity index (χ2v) is 5.96. The molecule has 0 aliphatic carbocycles. The Kier molecular flexibility index (Phi) is 4.17. The van der Waals surface area contributed by atoms with E-state index in [1.165, 1.54) is 0 Å². The molecule has 0 heterocycles. The molecule has 0 bridgehead atoms. The summed E-state index contributed by atoms with van der Waals surface area (Å²) in [6, 6.07) is 13.8. The number of benzene rings is 2. The average Bonchev–Trinajstić information content (AvgIpc) is 2.49. The van der Waals surface area contributed by atoms with Crippen molar-refractivity contribution in [1.82, 2.24) is 0 Å². The number of methoxy groups -OCH3 is 1. The van der Waals surface area contributed by atoms with E-state index in [0.717, 1.165) is 28.0 Å². The van der Waals surface area contributed by atoms with Crippen LogP contribution in [0.4, 0.5) is 0 Å². The van der Waals surface area contributed by atoms with Gasteiger partial charge in [-0.2, -0.15) is 0 Å². The van der Waals surface area contributed by atoms with E-state index in [2.05, 4.69) is 0 Å². The number of hydrogen-bond donors (Lipinski definition) is 0. The summed E-state index contributed by atoms with van der Waals surface area (Å²) >= 11 is 0. The molecule has 0 amide bonds. The molecule has 0 aromatic heterocycles. The standard InChI is InChI=1S/C19H22O2/c1-13-12-17(21-5)14(2)11-16(13)18(20)19(3,4)15-9-7-6-8-10-15/h6-12H,1-5H3. The van der Waals surface area contributed by atoms with Crippen LogP contribution in [-0.2, 0) is 5.41 Å². The number of rotatable bonds is 4. The molecule has 110 valence electrons. The van der Waals surface area contributed by atoms with E-state index in [1.807, 2.05) is 70.2 Å². The number of ether oxygens (including phenoxy) is 1. The summed E-state index contributed by atoms with van der Waals surface area (Å²) in [6.45, 7) is 7.87. The fourth-order valence-corrected chi connectivity index (χ4v) is 2.58. The lowest BCUT2D eigenvalue weighted by molar-refractivity contribution is 0.0908. The summed E-state index contributed by atoms with van der Waals surface area (Å²) in [4.78, 5) is 13.0. The Bertz CT molecular complexity index is 655. The van der Waals surface area contributed by atoms with Crippen LogP contribution in [0.3, 0.4) is 0 Å². The molecule has 0 spiro atoms. The zero-order valence-electron chi connectivity index (χ0n) is 13.4. The first kappa shape index (κ1) is 15.3. The predicted octanol–water partition coefficient (Wildman–Crippen LogP) is 4.47. The van der Waals surface area contributed by atoms with Crippen LogP contribution in [0, 0.1) is 13.8 Å². The summed E-state index contributed by atoms with van der Waals surface area (Å²) in [6.07, 6.45) is 0. The van der Waals surface area contributed by atoms with Crippen molar-refractivity contribution >= 4 is 5.78 Å². The van der Waals surface area contributed by atoms with E-state index in [-0.39, 0.29) is 5.78 Å². The van der Waals surface area contributed by atoms with Gasteiger partial charge in [0.15, 0.2) is 5.78 Å². The lowest BCUT2D eigenvalue weighted by Crippen LogP contribution is -2.29. The Labute approximate surface area is 126 Å². The van der Waals surface area contributed by atoms with Gasteiger partial charge < -0.3 is 4.74 Å². The Morgan fingerprint density at radius 2 is 1.62 bits per heavy atom. The first-order valence-corrected chi connectivity index (χ1v) is 7.13. The third-order valence-corrected chi connectivity index (χ3v) is 4.05. The van der Waals surface area contributed by atoms with Gasteiger partial charge in [-0.05, 0) is 56.5 Å². The number of Topliss-reactive ketones (excluding diaryl/α,β-unsaturated/α-hetero) is 1. The van der Waals surface area contributed by atoms with Gasteiger partial charge in [0.05, 0.1) is 12.5 Å². The predicted molar refractivity (Wildman–Crippen MR) is 86.3 cm³/mol. The van der Waals surface area contributed by atoms with Crippen LogP contribution in [0.2, 0.25) is 0 Å². The molecular weight excluding hydrogens is 260 g/mol. The Hall–Kier alpha value is -2.09. The van der Waals surface area contributed by atoms with Crippen molar-refractivity contribution in [3.8, 4) is 5.75 Å². The van der Waals surface area contributed by atoms with Gasteiger partial charge in [0.25, 0.3) is 0 Å². The van der Waals surface area contributed by atoms with Crippen LogP contribution in [0.1, 0.15) is 40.9 Å². The van der Waals surface area contributed by atoms with Gasteiger partial charge in [-0.3, -0.25) is 4.79 Å². The van der Waals surface area contributed by atoms with Gasteiger partial charge in [-0.15, -0.1) is 0 Å². The van der Waals surface area contributed by atoms with Gasteiger partial charge in [-0.25, -0.2) is 0 Å². The third-order valence-electron chi connectivity index (χ3n) is 4.05. The summed E-state index contributed by atoms with van der Waals surface area (Å²) in [5, 5.41) is 0. The molecule has 21 heavy (non-hydrogen) atoms. The average molecular weight is 282 g/mol. The highest BCUT2D eigenvalue weighted by Gasteiger charge is 2.31. The van der Waals surface area contributed by atoms with Crippen LogP contribution in [-0.4, -0.2) is 12.9 Å². The molecule has 0 radical (unpaired) electrons. The molecule has 0 saturated heterocycles. The fraction of sp³-hybridized carbons (Fsp3) is 0.316. The molecule has 0 unspecified atom stereocenters. The molecule has 0 N–H and O–H groups in total. The summed E-state index contributed by atoms with van der Waals surface area (Å²) in [5.41, 5.74) is 3.18. The smallest absolute Gasteiger partial charge is 0.173 e. The monoisotopic (exact) mass is 282 g/mol. The van der Waals surface area contributed by atoms with Gasteiger partial charge in [-0.1, -0.05) is 30.3 Å². The number of aryl methyl sites for hydroxylation is 2. The number of ketones is 1. The topological polar surface area (TPSA) is 26.3 Å². The summed E-state index contributed by atoms with van der Waals surface area (Å²) in [5.74, 6) is 0.957. The second kappa shape index (κ2) is 5.72. The molecule has 0 saturated carbocycles. The second-order valence-electron chi connectivity index (χ2n) is 5.96. The molecule has 2 nitrogen and oxygen atoms in total. The van der Waals surface area contributed by atoms with Crippen molar-refractivity contribution < 1.29 is 9.53 Å². The lowest BCUT2D eigenvalue weighted by Gasteiger charge is -2.25. The van der Waals surface area contributed by atoms with Crippen LogP contribution < -0.4 is 4.74 Å². The van der Waals surface area contributed by atoms with Crippen molar-refractivity contribution in [3.05, 3.63) is 64.7 Å². The quantitative estimate of drug-likeness (QED) is 0.773. The maximum Gasteiger partial charge on any atom is 0.173 e. The molecule has 2 heteroatoms.